The van der Waals surface area contributed by atoms with Crippen LogP contribution in [0.1, 0.15) is 25.5 Å². The van der Waals surface area contributed by atoms with Crippen molar-refractivity contribution < 1.29 is 9.53 Å². The first-order chi connectivity index (χ1) is 16.1. The Morgan fingerprint density at radius 3 is 2.55 bits per heavy atom. The van der Waals surface area contributed by atoms with E-state index in [0.717, 1.165) is 31.9 Å². The Morgan fingerprint density at radius 1 is 1.00 bits per heavy atom. The minimum absolute atomic E-state index is 0.0257. The van der Waals surface area contributed by atoms with Crippen molar-refractivity contribution in [3.63, 3.8) is 0 Å². The maximum absolute atomic E-state index is 13.2. The van der Waals surface area contributed by atoms with Gasteiger partial charge in [0.1, 0.15) is 17.8 Å². The number of anilines is 2. The first kappa shape index (κ1) is 21.4. The van der Waals surface area contributed by atoms with E-state index in [4.69, 9.17) is 9.72 Å². The zero-order valence-electron chi connectivity index (χ0n) is 19.1. The number of hydrogen-bond acceptors (Lipinski definition) is 6. The van der Waals surface area contributed by atoms with Gasteiger partial charge in [0.2, 0.25) is 0 Å². The van der Waals surface area contributed by atoms with Crippen LogP contribution in [0.2, 0.25) is 0 Å². The molecule has 0 saturated carbocycles. The lowest BCUT2D eigenvalue weighted by molar-refractivity contribution is 0.122. The van der Waals surface area contributed by atoms with E-state index in [1.165, 1.54) is 5.69 Å². The van der Waals surface area contributed by atoms with Crippen LogP contribution in [0.25, 0.3) is 11.5 Å². The van der Waals surface area contributed by atoms with Crippen molar-refractivity contribution in [3.05, 3.63) is 54.4 Å². The normalized spacial score (nSPS) is 16.8. The van der Waals surface area contributed by atoms with Gasteiger partial charge in [0.25, 0.3) is 0 Å². The van der Waals surface area contributed by atoms with Gasteiger partial charge >= 0.3 is 6.03 Å². The summed E-state index contributed by atoms with van der Waals surface area (Å²) in [5.41, 5.74) is 3.03. The van der Waals surface area contributed by atoms with Gasteiger partial charge in [-0.3, -0.25) is 4.90 Å². The highest BCUT2D eigenvalue weighted by molar-refractivity contribution is 5.93. The monoisotopic (exact) mass is 447 g/mol. The highest BCUT2D eigenvalue weighted by Crippen LogP contribution is 2.25. The van der Waals surface area contributed by atoms with Gasteiger partial charge in [-0.1, -0.05) is 18.2 Å². The Labute approximate surface area is 193 Å². The minimum Gasteiger partial charge on any atom is -0.378 e. The molecular formula is C24H29N7O2. The number of urea groups is 1. The first-order valence-electron chi connectivity index (χ1n) is 11.4. The molecule has 2 aromatic heterocycles. The van der Waals surface area contributed by atoms with Crippen LogP contribution in [0.15, 0.2) is 48.8 Å². The topological polar surface area (TPSA) is 79.6 Å². The highest BCUT2D eigenvalue weighted by atomic mass is 16.5. The standard InChI is InChI=1S/C24H29N7O2/c1-18(2)31-17-25-27-23(31)21-4-3-5-22(26-21)30-11-10-29(24(30)32)16-19-6-8-20(9-7-19)28-12-14-33-15-13-28/h3-9,17-18H,10-16H2,1-2H3. The third-order valence-corrected chi connectivity index (χ3v) is 6.15. The molecule has 172 valence electrons. The van der Waals surface area contributed by atoms with Gasteiger partial charge in [0.15, 0.2) is 5.82 Å². The van der Waals surface area contributed by atoms with E-state index in [2.05, 4.69) is 53.2 Å². The van der Waals surface area contributed by atoms with E-state index in [9.17, 15) is 4.79 Å². The third-order valence-electron chi connectivity index (χ3n) is 6.15. The third kappa shape index (κ3) is 4.41. The largest absolute Gasteiger partial charge is 0.378 e. The fourth-order valence-corrected chi connectivity index (χ4v) is 4.30. The molecule has 0 radical (unpaired) electrons. The van der Waals surface area contributed by atoms with Gasteiger partial charge in [-0.2, -0.15) is 0 Å². The summed E-state index contributed by atoms with van der Waals surface area (Å²) < 4.78 is 7.41. The van der Waals surface area contributed by atoms with Crippen LogP contribution in [0.4, 0.5) is 16.3 Å². The quantitative estimate of drug-likeness (QED) is 0.577. The molecule has 2 aliphatic heterocycles. The lowest BCUT2D eigenvalue weighted by Crippen LogP contribution is -2.36. The predicted molar refractivity (Wildman–Crippen MR) is 126 cm³/mol. The lowest BCUT2D eigenvalue weighted by atomic mass is 10.2. The van der Waals surface area contributed by atoms with Gasteiger partial charge < -0.3 is 19.1 Å². The molecule has 9 nitrogen and oxygen atoms in total. The number of carbonyl (C=O) groups excluding carboxylic acids is 1. The predicted octanol–water partition coefficient (Wildman–Crippen LogP) is 3.20. The molecule has 0 spiro atoms. The van der Waals surface area contributed by atoms with Crippen molar-refractivity contribution >= 4 is 17.5 Å². The number of hydrogen-bond donors (Lipinski definition) is 0. The molecule has 9 heteroatoms. The average Bonchev–Trinajstić information content (AvgIpc) is 3.48. The number of pyridine rings is 1. The molecule has 0 atom stereocenters. The fraction of sp³-hybridized carbons (Fsp3) is 0.417. The smallest absolute Gasteiger partial charge is 0.326 e. The van der Waals surface area contributed by atoms with Crippen LogP contribution < -0.4 is 9.80 Å². The number of rotatable bonds is 6. The SMILES string of the molecule is CC(C)n1cnnc1-c1cccc(N2CCN(Cc3ccc(N4CCOCC4)cc3)C2=O)n1. The maximum Gasteiger partial charge on any atom is 0.326 e. The second-order valence-corrected chi connectivity index (χ2v) is 8.66. The molecule has 5 rings (SSSR count). The Hall–Kier alpha value is -3.46. The van der Waals surface area contributed by atoms with Gasteiger partial charge in [-0.15, -0.1) is 10.2 Å². The molecule has 2 fully saturated rings. The van der Waals surface area contributed by atoms with Crippen molar-refractivity contribution in [1.29, 1.82) is 0 Å². The molecular weight excluding hydrogens is 418 g/mol. The average molecular weight is 448 g/mol. The number of benzene rings is 1. The van der Waals surface area contributed by atoms with Crippen molar-refractivity contribution in [3.8, 4) is 11.5 Å². The summed E-state index contributed by atoms with van der Waals surface area (Å²) in [5.74, 6) is 1.34. The summed E-state index contributed by atoms with van der Waals surface area (Å²) >= 11 is 0. The molecule has 0 N–H and O–H groups in total. The van der Waals surface area contributed by atoms with E-state index >= 15 is 0 Å². The number of nitrogens with zero attached hydrogens (tertiary/aromatic N) is 7. The second kappa shape index (κ2) is 9.19. The zero-order valence-corrected chi connectivity index (χ0v) is 19.1. The molecule has 0 unspecified atom stereocenters. The summed E-state index contributed by atoms with van der Waals surface area (Å²) in [6, 6.07) is 14.4. The van der Waals surface area contributed by atoms with Crippen LogP contribution in [0, 0.1) is 0 Å². The van der Waals surface area contributed by atoms with Crippen LogP contribution >= 0.6 is 0 Å². The Kier molecular flexibility index (Phi) is 5.95. The molecule has 1 aromatic carbocycles. The van der Waals surface area contributed by atoms with E-state index in [1.54, 1.807) is 11.2 Å². The summed E-state index contributed by atoms with van der Waals surface area (Å²) in [6.07, 6.45) is 1.71. The van der Waals surface area contributed by atoms with Crippen molar-refractivity contribution in [2.45, 2.75) is 26.4 Å². The van der Waals surface area contributed by atoms with Crippen LogP contribution in [0.3, 0.4) is 0 Å². The summed E-state index contributed by atoms with van der Waals surface area (Å²) in [7, 11) is 0. The van der Waals surface area contributed by atoms with Crippen LogP contribution in [-0.4, -0.2) is 70.1 Å². The van der Waals surface area contributed by atoms with Gasteiger partial charge in [0, 0.05) is 44.5 Å². The molecule has 4 heterocycles. The Bertz CT molecular complexity index is 1110. The van der Waals surface area contributed by atoms with E-state index in [0.29, 0.717) is 37.0 Å². The van der Waals surface area contributed by atoms with Gasteiger partial charge in [0.05, 0.1) is 13.2 Å². The maximum atomic E-state index is 13.2. The lowest BCUT2D eigenvalue weighted by Gasteiger charge is -2.29. The molecule has 3 aromatic rings. The Balaban J connectivity index is 1.27. The van der Waals surface area contributed by atoms with Gasteiger partial charge in [-0.05, 0) is 43.7 Å². The van der Waals surface area contributed by atoms with Crippen LogP contribution in [-0.2, 0) is 11.3 Å². The number of amides is 2. The van der Waals surface area contributed by atoms with E-state index in [1.807, 2.05) is 27.7 Å². The molecule has 0 aliphatic carbocycles. The van der Waals surface area contributed by atoms with Crippen molar-refractivity contribution in [1.82, 2.24) is 24.6 Å². The number of carbonyl (C=O) groups is 1. The van der Waals surface area contributed by atoms with Crippen molar-refractivity contribution in [2.75, 3.05) is 49.2 Å². The first-order valence-corrected chi connectivity index (χ1v) is 11.4. The highest BCUT2D eigenvalue weighted by Gasteiger charge is 2.30. The molecule has 2 amide bonds. The number of morpholine rings is 1. The zero-order chi connectivity index (χ0) is 22.8. The summed E-state index contributed by atoms with van der Waals surface area (Å²) in [5, 5.41) is 8.26. The number of aromatic nitrogens is 4. The summed E-state index contributed by atoms with van der Waals surface area (Å²) in [6.45, 7) is 9.38. The molecule has 0 bridgehead atoms. The Morgan fingerprint density at radius 2 is 1.79 bits per heavy atom. The van der Waals surface area contributed by atoms with E-state index in [-0.39, 0.29) is 12.1 Å². The summed E-state index contributed by atoms with van der Waals surface area (Å²) in [4.78, 5) is 23.8. The van der Waals surface area contributed by atoms with Crippen molar-refractivity contribution in [2.24, 2.45) is 0 Å². The minimum atomic E-state index is -0.0257. The van der Waals surface area contributed by atoms with Gasteiger partial charge in [-0.25, -0.2) is 9.78 Å². The van der Waals surface area contributed by atoms with Crippen LogP contribution in [0.5, 0.6) is 0 Å². The van der Waals surface area contributed by atoms with E-state index < -0.39 is 0 Å². The molecule has 2 aliphatic rings. The molecule has 33 heavy (non-hydrogen) atoms. The second-order valence-electron chi connectivity index (χ2n) is 8.66. The fourth-order valence-electron chi connectivity index (χ4n) is 4.30. The number of ether oxygens (including phenoxy) is 1. The molecule has 2 saturated heterocycles.